The van der Waals surface area contributed by atoms with Crippen molar-refractivity contribution in [3.63, 3.8) is 0 Å². The maximum atomic E-state index is 12.7. The molecule has 0 atom stereocenters. The Balaban J connectivity index is 1.38. The van der Waals surface area contributed by atoms with E-state index < -0.39 is 10.8 Å². The Bertz CT molecular complexity index is 1270. The van der Waals surface area contributed by atoms with Gasteiger partial charge in [-0.25, -0.2) is 0 Å². The molecular formula is C23H20Cl2N4O4S. The number of nitro groups is 1. The topological polar surface area (TPSA) is 91.9 Å². The summed E-state index contributed by atoms with van der Waals surface area (Å²) in [5, 5.41) is 15.3. The Hall–Kier alpha value is -3.14. The maximum absolute atomic E-state index is 12.7. The molecule has 1 N–H and O–H groups in total. The molecule has 1 saturated heterocycles. The number of furan rings is 1. The van der Waals surface area contributed by atoms with Gasteiger partial charge in [0.05, 0.1) is 9.95 Å². The molecule has 0 spiro atoms. The molecule has 1 amide bonds. The number of rotatable bonds is 4. The zero-order chi connectivity index (χ0) is 24.4. The SMILES string of the molecule is Cc1ccc(-c2ccc(C(=O)NC(=S)N3CCN(c4c(Cl)cccc4[N+](=O)[O-])CC3)o2)cc1Cl. The molecule has 11 heteroatoms. The van der Waals surface area contributed by atoms with Gasteiger partial charge in [0.15, 0.2) is 10.9 Å². The Morgan fingerprint density at radius 3 is 2.50 bits per heavy atom. The number of carbonyl (C=O) groups is 1. The van der Waals surface area contributed by atoms with E-state index in [9.17, 15) is 14.9 Å². The van der Waals surface area contributed by atoms with Crippen LogP contribution in [0.1, 0.15) is 16.1 Å². The fraction of sp³-hybridized carbons (Fsp3) is 0.217. The van der Waals surface area contributed by atoms with Gasteiger partial charge >= 0.3 is 0 Å². The minimum atomic E-state index is -0.460. The highest BCUT2D eigenvalue weighted by atomic mass is 35.5. The molecular weight excluding hydrogens is 499 g/mol. The summed E-state index contributed by atoms with van der Waals surface area (Å²) in [6.45, 7) is 3.75. The van der Waals surface area contributed by atoms with E-state index in [0.717, 1.165) is 11.1 Å². The second-order valence-electron chi connectivity index (χ2n) is 7.73. The average Bonchev–Trinajstić information content (AvgIpc) is 3.31. The minimum Gasteiger partial charge on any atom is -0.451 e. The lowest BCUT2D eigenvalue weighted by atomic mass is 10.1. The Morgan fingerprint density at radius 1 is 1.09 bits per heavy atom. The van der Waals surface area contributed by atoms with Gasteiger partial charge in [0, 0.05) is 42.8 Å². The first kappa shape index (κ1) is 24.0. The van der Waals surface area contributed by atoms with Crippen LogP contribution in [0.25, 0.3) is 11.3 Å². The van der Waals surface area contributed by atoms with Crippen molar-refractivity contribution in [2.45, 2.75) is 6.92 Å². The normalized spacial score (nSPS) is 13.6. The quantitative estimate of drug-likeness (QED) is 0.284. The number of hydrogen-bond acceptors (Lipinski definition) is 6. The van der Waals surface area contributed by atoms with Gasteiger partial charge in [0.25, 0.3) is 11.6 Å². The van der Waals surface area contributed by atoms with Crippen LogP contribution in [-0.2, 0) is 0 Å². The number of aryl methyl sites for hydroxylation is 1. The lowest BCUT2D eigenvalue weighted by molar-refractivity contribution is -0.384. The molecule has 8 nitrogen and oxygen atoms in total. The number of halogens is 2. The molecule has 1 fully saturated rings. The third-order valence-corrected chi connectivity index (χ3v) is 6.62. The van der Waals surface area contributed by atoms with Gasteiger partial charge in [0.2, 0.25) is 0 Å². The van der Waals surface area contributed by atoms with Gasteiger partial charge in [0.1, 0.15) is 11.4 Å². The third kappa shape index (κ3) is 5.01. The third-order valence-electron chi connectivity index (χ3n) is 5.55. The number of nitrogens with zero attached hydrogens (tertiary/aromatic N) is 3. The fourth-order valence-electron chi connectivity index (χ4n) is 3.70. The summed E-state index contributed by atoms with van der Waals surface area (Å²) >= 11 is 17.8. The zero-order valence-electron chi connectivity index (χ0n) is 18.1. The zero-order valence-corrected chi connectivity index (χ0v) is 20.4. The van der Waals surface area contributed by atoms with Crippen LogP contribution in [0.4, 0.5) is 11.4 Å². The number of hydrogen-bond donors (Lipinski definition) is 1. The van der Waals surface area contributed by atoms with E-state index in [0.29, 0.717) is 47.7 Å². The first-order chi connectivity index (χ1) is 16.2. The van der Waals surface area contributed by atoms with Crippen LogP contribution in [0.2, 0.25) is 10.0 Å². The van der Waals surface area contributed by atoms with Crippen LogP contribution in [0.5, 0.6) is 0 Å². The smallest absolute Gasteiger partial charge is 0.294 e. The second kappa shape index (κ2) is 10.0. The lowest BCUT2D eigenvalue weighted by Gasteiger charge is -2.37. The van der Waals surface area contributed by atoms with Crippen LogP contribution in [0, 0.1) is 17.0 Å². The van der Waals surface area contributed by atoms with E-state index in [1.165, 1.54) is 6.07 Å². The lowest BCUT2D eigenvalue weighted by Crippen LogP contribution is -2.52. The molecule has 0 unspecified atom stereocenters. The minimum absolute atomic E-state index is 0.0414. The maximum Gasteiger partial charge on any atom is 0.294 e. The molecule has 176 valence electrons. The number of piperazine rings is 1. The van der Waals surface area contributed by atoms with E-state index in [1.807, 2.05) is 28.9 Å². The Labute approximate surface area is 211 Å². The van der Waals surface area contributed by atoms with Crippen LogP contribution < -0.4 is 10.2 Å². The number of carbonyl (C=O) groups excluding carboxylic acids is 1. The summed E-state index contributed by atoms with van der Waals surface area (Å²) in [4.78, 5) is 27.3. The van der Waals surface area contributed by atoms with Crippen LogP contribution in [-0.4, -0.2) is 47.0 Å². The Morgan fingerprint density at radius 2 is 1.82 bits per heavy atom. The van der Waals surface area contributed by atoms with Gasteiger partial charge in [-0.1, -0.05) is 41.4 Å². The highest BCUT2D eigenvalue weighted by molar-refractivity contribution is 7.80. The Kier molecular flexibility index (Phi) is 7.06. The van der Waals surface area contributed by atoms with Gasteiger partial charge in [-0.15, -0.1) is 0 Å². The van der Waals surface area contributed by atoms with Gasteiger partial charge < -0.3 is 14.2 Å². The predicted molar refractivity (Wildman–Crippen MR) is 136 cm³/mol. The summed E-state index contributed by atoms with van der Waals surface area (Å²) in [5.74, 6) is 0.186. The molecule has 1 aromatic heterocycles. The molecule has 0 radical (unpaired) electrons. The molecule has 4 rings (SSSR count). The van der Waals surface area contributed by atoms with Crippen molar-refractivity contribution in [1.82, 2.24) is 10.2 Å². The largest absolute Gasteiger partial charge is 0.451 e. The summed E-state index contributed by atoms with van der Waals surface area (Å²) in [6, 6.07) is 13.4. The number of thiocarbonyl (C=S) groups is 1. The van der Waals surface area contributed by atoms with E-state index in [-0.39, 0.29) is 16.6 Å². The summed E-state index contributed by atoms with van der Waals surface area (Å²) in [7, 11) is 0. The fourth-order valence-corrected chi connectivity index (χ4v) is 4.44. The van der Waals surface area contributed by atoms with Crippen molar-refractivity contribution < 1.29 is 14.1 Å². The molecule has 34 heavy (non-hydrogen) atoms. The van der Waals surface area contributed by atoms with Crippen molar-refractivity contribution in [3.05, 3.63) is 80.0 Å². The van der Waals surface area contributed by atoms with Crippen molar-refractivity contribution in [1.29, 1.82) is 0 Å². The summed E-state index contributed by atoms with van der Waals surface area (Å²) < 4.78 is 5.70. The second-order valence-corrected chi connectivity index (χ2v) is 8.93. The van der Waals surface area contributed by atoms with E-state index in [1.54, 1.807) is 30.3 Å². The summed E-state index contributed by atoms with van der Waals surface area (Å²) in [5.41, 5.74) is 2.06. The van der Waals surface area contributed by atoms with Crippen molar-refractivity contribution in [2.75, 3.05) is 31.1 Å². The highest BCUT2D eigenvalue weighted by Crippen LogP contribution is 2.36. The number of nitro benzene ring substituents is 1. The number of anilines is 1. The van der Waals surface area contributed by atoms with Crippen molar-refractivity contribution in [3.8, 4) is 11.3 Å². The number of para-hydroxylation sites is 1. The van der Waals surface area contributed by atoms with Gasteiger partial charge in [-0.05, 0) is 49.0 Å². The first-order valence-corrected chi connectivity index (χ1v) is 11.6. The number of nitrogens with one attached hydrogen (secondary N) is 1. The molecule has 0 aliphatic carbocycles. The molecule has 1 aliphatic heterocycles. The van der Waals surface area contributed by atoms with Crippen LogP contribution in [0.3, 0.4) is 0 Å². The van der Waals surface area contributed by atoms with E-state index >= 15 is 0 Å². The predicted octanol–water partition coefficient (Wildman–Crippen LogP) is 5.31. The van der Waals surface area contributed by atoms with Gasteiger partial charge in [-0.2, -0.15) is 0 Å². The molecule has 3 aromatic rings. The molecule has 2 aromatic carbocycles. The van der Waals surface area contributed by atoms with E-state index in [2.05, 4.69) is 5.32 Å². The molecule has 0 saturated carbocycles. The molecule has 2 heterocycles. The highest BCUT2D eigenvalue weighted by Gasteiger charge is 2.27. The first-order valence-electron chi connectivity index (χ1n) is 10.4. The number of amides is 1. The van der Waals surface area contributed by atoms with Gasteiger partial charge in [-0.3, -0.25) is 20.2 Å². The standard InChI is InChI=1S/C23H20Cl2N4O4S/c1-14-5-6-15(13-17(14)25)19-7-8-20(33-19)22(30)26-23(34)28-11-9-27(10-12-28)21-16(24)3-2-4-18(21)29(31)32/h2-8,13H,9-12H2,1H3,(H,26,30,34). The van der Waals surface area contributed by atoms with Crippen molar-refractivity contribution in [2.24, 2.45) is 0 Å². The molecule has 0 bridgehead atoms. The number of benzene rings is 2. The van der Waals surface area contributed by atoms with E-state index in [4.69, 9.17) is 39.8 Å². The average molecular weight is 519 g/mol. The summed E-state index contributed by atoms with van der Waals surface area (Å²) in [6.07, 6.45) is 0. The van der Waals surface area contributed by atoms with Crippen LogP contribution in [0.15, 0.2) is 52.9 Å². The molecule has 1 aliphatic rings. The van der Waals surface area contributed by atoms with Crippen LogP contribution >= 0.6 is 35.4 Å². The van der Waals surface area contributed by atoms with Crippen molar-refractivity contribution >= 4 is 57.8 Å². The monoisotopic (exact) mass is 518 g/mol.